The number of benzene rings is 1. The van der Waals surface area contributed by atoms with Crippen LogP contribution in [0.25, 0.3) is 0 Å². The predicted octanol–water partition coefficient (Wildman–Crippen LogP) is 3.60. The summed E-state index contributed by atoms with van der Waals surface area (Å²) in [5.41, 5.74) is 2.47. The third-order valence-electron chi connectivity index (χ3n) is 2.61. The molecule has 0 saturated carbocycles. The minimum atomic E-state index is 0.515. The molecule has 0 amide bonds. The van der Waals surface area contributed by atoms with Crippen LogP contribution in [0.1, 0.15) is 27.2 Å². The first-order valence-corrected chi connectivity index (χ1v) is 6.03. The van der Waals surface area contributed by atoms with Gasteiger partial charge in [0.2, 0.25) is 0 Å². The summed E-state index contributed by atoms with van der Waals surface area (Å²) in [6, 6.07) is 8.96. The fourth-order valence-electron chi connectivity index (χ4n) is 2.02. The third-order valence-corrected chi connectivity index (χ3v) is 2.61. The van der Waals surface area contributed by atoms with Gasteiger partial charge in [-0.05, 0) is 31.4 Å². The summed E-state index contributed by atoms with van der Waals surface area (Å²) in [5.74, 6) is 0.731. The molecule has 0 radical (unpaired) electrons. The van der Waals surface area contributed by atoms with Gasteiger partial charge in [-0.25, -0.2) is 0 Å². The standard InChI is InChI=1S/C14H24N2/c1-11(2)10-12(3)15-13-8-6-7-9-14(13)16(4)5/h6-9,11-12,15H,10H2,1-5H3. The van der Waals surface area contributed by atoms with Crippen LogP contribution in [0.2, 0.25) is 0 Å². The van der Waals surface area contributed by atoms with E-state index >= 15 is 0 Å². The molecule has 0 aliphatic rings. The maximum absolute atomic E-state index is 3.58. The van der Waals surface area contributed by atoms with E-state index in [-0.39, 0.29) is 0 Å². The van der Waals surface area contributed by atoms with Crippen LogP contribution in [-0.4, -0.2) is 20.1 Å². The number of para-hydroxylation sites is 2. The summed E-state index contributed by atoms with van der Waals surface area (Å²) in [7, 11) is 4.15. The van der Waals surface area contributed by atoms with Crippen molar-refractivity contribution in [1.82, 2.24) is 0 Å². The van der Waals surface area contributed by atoms with E-state index in [0.29, 0.717) is 6.04 Å². The molecule has 0 saturated heterocycles. The molecule has 0 aliphatic carbocycles. The Balaban J connectivity index is 2.72. The highest BCUT2D eigenvalue weighted by Gasteiger charge is 2.08. The molecule has 1 aromatic carbocycles. The Morgan fingerprint density at radius 3 is 2.31 bits per heavy atom. The largest absolute Gasteiger partial charge is 0.381 e. The van der Waals surface area contributed by atoms with Crippen molar-refractivity contribution in [3.8, 4) is 0 Å². The van der Waals surface area contributed by atoms with Gasteiger partial charge in [-0.3, -0.25) is 0 Å². The molecule has 1 rings (SSSR count). The first-order valence-electron chi connectivity index (χ1n) is 6.03. The van der Waals surface area contributed by atoms with Gasteiger partial charge in [0.25, 0.3) is 0 Å². The van der Waals surface area contributed by atoms with Crippen LogP contribution in [0.5, 0.6) is 0 Å². The molecule has 90 valence electrons. The fourth-order valence-corrected chi connectivity index (χ4v) is 2.02. The van der Waals surface area contributed by atoms with Crippen molar-refractivity contribution in [3.05, 3.63) is 24.3 Å². The van der Waals surface area contributed by atoms with Crippen LogP contribution in [0.15, 0.2) is 24.3 Å². The smallest absolute Gasteiger partial charge is 0.0596 e. The minimum Gasteiger partial charge on any atom is -0.381 e. The second-order valence-electron chi connectivity index (χ2n) is 5.09. The zero-order valence-corrected chi connectivity index (χ0v) is 11.1. The maximum atomic E-state index is 3.58. The Hall–Kier alpha value is -1.18. The van der Waals surface area contributed by atoms with Gasteiger partial charge in [-0.1, -0.05) is 26.0 Å². The lowest BCUT2D eigenvalue weighted by atomic mass is 10.0. The highest BCUT2D eigenvalue weighted by atomic mass is 15.1. The Morgan fingerprint density at radius 1 is 1.12 bits per heavy atom. The number of nitrogens with one attached hydrogen (secondary N) is 1. The fraction of sp³-hybridized carbons (Fsp3) is 0.571. The monoisotopic (exact) mass is 220 g/mol. The Kier molecular flexibility index (Phi) is 4.66. The SMILES string of the molecule is CC(C)CC(C)Nc1ccccc1N(C)C. The van der Waals surface area contributed by atoms with E-state index in [9.17, 15) is 0 Å². The zero-order valence-electron chi connectivity index (χ0n) is 11.1. The minimum absolute atomic E-state index is 0.515. The lowest BCUT2D eigenvalue weighted by molar-refractivity contribution is 0.540. The van der Waals surface area contributed by atoms with Gasteiger partial charge in [0.05, 0.1) is 11.4 Å². The molecule has 0 aliphatic heterocycles. The van der Waals surface area contributed by atoms with Crippen LogP contribution < -0.4 is 10.2 Å². The van der Waals surface area contributed by atoms with E-state index in [1.807, 2.05) is 0 Å². The van der Waals surface area contributed by atoms with Crippen molar-refractivity contribution in [2.75, 3.05) is 24.3 Å². The number of rotatable bonds is 5. The van der Waals surface area contributed by atoms with Crippen molar-refractivity contribution in [2.45, 2.75) is 33.2 Å². The van der Waals surface area contributed by atoms with Gasteiger partial charge in [0, 0.05) is 20.1 Å². The quantitative estimate of drug-likeness (QED) is 0.815. The average molecular weight is 220 g/mol. The summed E-state index contributed by atoms with van der Waals surface area (Å²) in [6.07, 6.45) is 1.20. The molecule has 1 unspecified atom stereocenters. The van der Waals surface area contributed by atoms with Crippen molar-refractivity contribution in [3.63, 3.8) is 0 Å². The lowest BCUT2D eigenvalue weighted by Crippen LogP contribution is -2.20. The van der Waals surface area contributed by atoms with Gasteiger partial charge >= 0.3 is 0 Å². The molecule has 0 aromatic heterocycles. The van der Waals surface area contributed by atoms with Crippen molar-refractivity contribution >= 4 is 11.4 Å². The lowest BCUT2D eigenvalue weighted by Gasteiger charge is -2.22. The van der Waals surface area contributed by atoms with E-state index in [2.05, 4.69) is 69.3 Å². The first-order chi connectivity index (χ1) is 7.50. The van der Waals surface area contributed by atoms with Gasteiger partial charge in [0.15, 0.2) is 0 Å². The Bertz CT molecular complexity index is 318. The van der Waals surface area contributed by atoms with Gasteiger partial charge < -0.3 is 10.2 Å². The van der Waals surface area contributed by atoms with Crippen LogP contribution >= 0.6 is 0 Å². The number of nitrogens with zero attached hydrogens (tertiary/aromatic N) is 1. The molecular weight excluding hydrogens is 196 g/mol. The van der Waals surface area contributed by atoms with Crippen molar-refractivity contribution in [2.24, 2.45) is 5.92 Å². The number of hydrogen-bond donors (Lipinski definition) is 1. The summed E-state index contributed by atoms with van der Waals surface area (Å²) in [4.78, 5) is 2.14. The molecule has 1 N–H and O–H groups in total. The normalized spacial score (nSPS) is 12.6. The molecular formula is C14H24N2. The van der Waals surface area contributed by atoms with Gasteiger partial charge in [-0.2, -0.15) is 0 Å². The number of anilines is 2. The molecule has 0 fully saturated rings. The van der Waals surface area contributed by atoms with Crippen LogP contribution in [0.4, 0.5) is 11.4 Å². The van der Waals surface area contributed by atoms with E-state index in [0.717, 1.165) is 5.92 Å². The second-order valence-corrected chi connectivity index (χ2v) is 5.09. The highest BCUT2D eigenvalue weighted by Crippen LogP contribution is 2.25. The molecule has 2 nitrogen and oxygen atoms in total. The molecule has 1 aromatic rings. The third kappa shape index (κ3) is 3.76. The summed E-state index contributed by atoms with van der Waals surface area (Å²) < 4.78 is 0. The van der Waals surface area contributed by atoms with E-state index < -0.39 is 0 Å². The van der Waals surface area contributed by atoms with Crippen LogP contribution in [0, 0.1) is 5.92 Å². The van der Waals surface area contributed by atoms with Gasteiger partial charge in [-0.15, -0.1) is 0 Å². The van der Waals surface area contributed by atoms with Gasteiger partial charge in [0.1, 0.15) is 0 Å². The topological polar surface area (TPSA) is 15.3 Å². The van der Waals surface area contributed by atoms with Crippen molar-refractivity contribution < 1.29 is 0 Å². The zero-order chi connectivity index (χ0) is 12.1. The van der Waals surface area contributed by atoms with E-state index in [1.54, 1.807) is 0 Å². The highest BCUT2D eigenvalue weighted by molar-refractivity contribution is 5.69. The van der Waals surface area contributed by atoms with Crippen LogP contribution in [-0.2, 0) is 0 Å². The van der Waals surface area contributed by atoms with Crippen LogP contribution in [0.3, 0.4) is 0 Å². The molecule has 0 bridgehead atoms. The summed E-state index contributed by atoms with van der Waals surface area (Å²) in [5, 5.41) is 3.58. The maximum Gasteiger partial charge on any atom is 0.0596 e. The summed E-state index contributed by atoms with van der Waals surface area (Å²) >= 11 is 0. The molecule has 0 spiro atoms. The molecule has 16 heavy (non-hydrogen) atoms. The van der Waals surface area contributed by atoms with Crippen molar-refractivity contribution in [1.29, 1.82) is 0 Å². The number of hydrogen-bond acceptors (Lipinski definition) is 2. The Morgan fingerprint density at radius 2 is 1.75 bits per heavy atom. The second kappa shape index (κ2) is 5.78. The molecule has 1 atom stereocenters. The summed E-state index contributed by atoms with van der Waals surface area (Å²) in [6.45, 7) is 6.76. The average Bonchev–Trinajstić information content (AvgIpc) is 2.16. The Labute approximate surface area is 99.7 Å². The predicted molar refractivity (Wildman–Crippen MR) is 73.3 cm³/mol. The van der Waals surface area contributed by atoms with E-state index in [1.165, 1.54) is 17.8 Å². The molecule has 2 heteroatoms. The first kappa shape index (κ1) is 12.9. The van der Waals surface area contributed by atoms with E-state index in [4.69, 9.17) is 0 Å². The molecule has 0 heterocycles.